The van der Waals surface area contributed by atoms with E-state index in [9.17, 15) is 8.42 Å². The molecule has 4 aromatic rings. The van der Waals surface area contributed by atoms with Crippen LogP contribution < -0.4 is 4.57 Å². The van der Waals surface area contributed by atoms with Gasteiger partial charge in [0.1, 0.15) is 10.0 Å². The van der Waals surface area contributed by atoms with Crippen LogP contribution in [0.2, 0.25) is 0 Å². The Bertz CT molecular complexity index is 1340. The smallest absolute Gasteiger partial charge is 0.218 e. The normalized spacial score (nSPS) is 11.9. The van der Waals surface area contributed by atoms with Crippen molar-refractivity contribution in [3.63, 3.8) is 0 Å². The lowest BCUT2D eigenvalue weighted by Crippen LogP contribution is -2.35. The lowest BCUT2D eigenvalue weighted by molar-refractivity contribution is -0.567. The van der Waals surface area contributed by atoms with Crippen molar-refractivity contribution in [3.8, 4) is 11.3 Å². The number of aromatic nitrogens is 1. The Morgan fingerprint density at radius 2 is 1.34 bits per heavy atom. The van der Waals surface area contributed by atoms with Crippen molar-refractivity contribution in [1.82, 2.24) is 0 Å². The first kappa shape index (κ1) is 21.5. The zero-order valence-electron chi connectivity index (χ0n) is 18.0. The molecule has 0 bridgehead atoms. The fourth-order valence-electron chi connectivity index (χ4n) is 3.39. The highest BCUT2D eigenvalue weighted by molar-refractivity contribution is 7.94. The predicted molar refractivity (Wildman–Crippen MR) is 128 cm³/mol. The molecule has 0 saturated carbocycles. The summed E-state index contributed by atoms with van der Waals surface area (Å²) in [4.78, 5) is 0.170. The third-order valence-corrected chi connectivity index (χ3v) is 6.42. The van der Waals surface area contributed by atoms with E-state index in [1.807, 2.05) is 73.1 Å². The van der Waals surface area contributed by atoms with Gasteiger partial charge in [-0.05, 0) is 56.3 Å². The zero-order chi connectivity index (χ0) is 22.6. The molecule has 0 radical (unpaired) electrons. The Morgan fingerprint density at radius 3 is 2.00 bits per heavy atom. The molecule has 0 spiro atoms. The van der Waals surface area contributed by atoms with Crippen LogP contribution in [0.15, 0.2) is 114 Å². The summed E-state index contributed by atoms with van der Waals surface area (Å²) in [6.45, 7) is 3.96. The molecule has 0 fully saturated rings. The molecule has 4 rings (SSSR count). The largest absolute Gasteiger partial charge is 0.574 e. The summed E-state index contributed by atoms with van der Waals surface area (Å²) in [5.41, 5.74) is 5.66. The van der Waals surface area contributed by atoms with Crippen molar-refractivity contribution in [3.05, 3.63) is 131 Å². The van der Waals surface area contributed by atoms with Gasteiger partial charge in [0.15, 0.2) is 11.9 Å². The number of rotatable bonds is 6. The van der Waals surface area contributed by atoms with Crippen LogP contribution in [-0.4, -0.2) is 8.42 Å². The monoisotopic (exact) mass is 440 g/mol. The highest BCUT2D eigenvalue weighted by Crippen LogP contribution is 2.23. The van der Waals surface area contributed by atoms with Gasteiger partial charge in [-0.15, -0.1) is 0 Å². The first-order chi connectivity index (χ1) is 15.4. The van der Waals surface area contributed by atoms with E-state index in [0.29, 0.717) is 5.70 Å². The fraction of sp³-hybridized carbons (Fsp3) is 0.0741. The lowest BCUT2D eigenvalue weighted by atomic mass is 10.1. The van der Waals surface area contributed by atoms with Gasteiger partial charge in [-0.2, -0.15) is 4.57 Å². The number of hydrogen-bond donors (Lipinski definition) is 0. The molecule has 0 unspecified atom stereocenters. The third-order valence-electron chi connectivity index (χ3n) is 5.17. The molecule has 0 aliphatic rings. The minimum absolute atomic E-state index is 0.170. The molecule has 0 N–H and O–H groups in total. The van der Waals surface area contributed by atoms with Gasteiger partial charge < -0.3 is 4.72 Å². The van der Waals surface area contributed by atoms with Crippen LogP contribution in [0.1, 0.15) is 16.7 Å². The van der Waals surface area contributed by atoms with E-state index in [1.54, 1.807) is 24.3 Å². The maximum absolute atomic E-state index is 12.9. The minimum Gasteiger partial charge on any atom is -0.574 e. The number of sulfonamides is 1. The zero-order valence-corrected chi connectivity index (χ0v) is 18.8. The summed E-state index contributed by atoms with van der Waals surface area (Å²) in [7, 11) is -3.84. The number of aryl methyl sites for hydroxylation is 2. The molecule has 0 atom stereocenters. The number of nitrogens with zero attached hydrogens (tertiary/aromatic N) is 2. The number of pyridine rings is 1. The predicted octanol–water partition coefficient (Wildman–Crippen LogP) is 5.87. The average Bonchev–Trinajstić information content (AvgIpc) is 2.81. The number of hydrogen-bond acceptors (Lipinski definition) is 2. The van der Waals surface area contributed by atoms with E-state index >= 15 is 0 Å². The summed E-state index contributed by atoms with van der Waals surface area (Å²) in [6, 6.07) is 30.5. The van der Waals surface area contributed by atoms with Crippen LogP contribution in [0.5, 0.6) is 0 Å². The Hall–Kier alpha value is -3.70. The van der Waals surface area contributed by atoms with E-state index in [4.69, 9.17) is 0 Å². The summed E-state index contributed by atoms with van der Waals surface area (Å²) in [6.07, 6.45) is 3.35. The summed E-state index contributed by atoms with van der Waals surface area (Å²) in [5.74, 6) is 0. The molecule has 0 saturated heterocycles. The quantitative estimate of drug-likeness (QED) is 0.352. The highest BCUT2D eigenvalue weighted by Gasteiger charge is 2.18. The van der Waals surface area contributed by atoms with Gasteiger partial charge in [-0.25, -0.2) is 8.42 Å². The fourth-order valence-corrected chi connectivity index (χ4v) is 4.23. The van der Waals surface area contributed by atoms with Crippen LogP contribution >= 0.6 is 0 Å². The molecular formula is C27H24N2O2S. The first-order valence-corrected chi connectivity index (χ1v) is 11.8. The van der Waals surface area contributed by atoms with Crippen LogP contribution in [-0.2, 0) is 10.0 Å². The minimum atomic E-state index is -3.84. The van der Waals surface area contributed by atoms with E-state index < -0.39 is 10.0 Å². The Morgan fingerprint density at radius 1 is 0.750 bits per heavy atom. The molecule has 0 aliphatic heterocycles. The molecule has 5 heteroatoms. The van der Waals surface area contributed by atoms with E-state index in [-0.39, 0.29) is 4.90 Å². The Labute approximate surface area is 189 Å². The Kier molecular flexibility index (Phi) is 6.19. The van der Waals surface area contributed by atoms with Gasteiger partial charge in [0, 0.05) is 23.3 Å². The standard InChI is InChI=1S/C27H24N2O2S/c1-21-11-15-24(16-12-21)26-10-6-7-19-29(26)27(23-8-4-3-5-9-23)20-28-32(30,31)25-17-13-22(2)14-18-25/h3-20H,1-2H3/b27-20-. The second-order valence-electron chi connectivity index (χ2n) is 7.60. The second kappa shape index (κ2) is 9.20. The molecule has 4 nitrogen and oxygen atoms in total. The number of benzene rings is 3. The summed E-state index contributed by atoms with van der Waals surface area (Å²) >= 11 is 0. The van der Waals surface area contributed by atoms with Crippen molar-refractivity contribution < 1.29 is 13.0 Å². The molecule has 0 amide bonds. The topological polar surface area (TPSA) is 52.1 Å². The van der Waals surface area contributed by atoms with Gasteiger partial charge >= 0.3 is 0 Å². The molecule has 0 aliphatic carbocycles. The third kappa shape index (κ3) is 4.79. The molecule has 1 aromatic heterocycles. The molecular weight excluding hydrogens is 416 g/mol. The Balaban J connectivity index is 1.81. The maximum Gasteiger partial charge on any atom is 0.218 e. The van der Waals surface area contributed by atoms with E-state index in [2.05, 4.69) is 29.0 Å². The van der Waals surface area contributed by atoms with Crippen LogP contribution in [0, 0.1) is 13.8 Å². The van der Waals surface area contributed by atoms with Gasteiger partial charge in [-0.1, -0.05) is 59.8 Å². The maximum atomic E-state index is 12.9. The van der Waals surface area contributed by atoms with Gasteiger partial charge in [0.05, 0.1) is 4.90 Å². The van der Waals surface area contributed by atoms with Crippen molar-refractivity contribution in [2.24, 2.45) is 0 Å². The summed E-state index contributed by atoms with van der Waals surface area (Å²) in [5, 5.41) is 0. The van der Waals surface area contributed by atoms with Crippen molar-refractivity contribution in [2.75, 3.05) is 0 Å². The van der Waals surface area contributed by atoms with Crippen molar-refractivity contribution >= 4 is 15.7 Å². The van der Waals surface area contributed by atoms with Gasteiger partial charge in [0.25, 0.3) is 0 Å². The van der Waals surface area contributed by atoms with Crippen LogP contribution in [0.25, 0.3) is 21.7 Å². The van der Waals surface area contributed by atoms with Gasteiger partial charge in [0.2, 0.25) is 5.69 Å². The van der Waals surface area contributed by atoms with Gasteiger partial charge in [-0.3, -0.25) is 0 Å². The SMILES string of the molecule is Cc1ccc(-c2cccc[n+]2/C(=C\[N-]S(=O)(=O)c2ccc(C)cc2)c2ccccc2)cc1. The lowest BCUT2D eigenvalue weighted by Gasteiger charge is -2.18. The molecule has 3 aromatic carbocycles. The molecule has 160 valence electrons. The summed E-state index contributed by atoms with van der Waals surface area (Å²) < 4.78 is 31.8. The van der Waals surface area contributed by atoms with E-state index in [0.717, 1.165) is 22.4 Å². The highest BCUT2D eigenvalue weighted by atomic mass is 32.2. The van der Waals surface area contributed by atoms with E-state index in [1.165, 1.54) is 11.8 Å². The molecule has 1 heterocycles. The van der Waals surface area contributed by atoms with Crippen LogP contribution in [0.3, 0.4) is 0 Å². The van der Waals surface area contributed by atoms with Crippen molar-refractivity contribution in [1.29, 1.82) is 0 Å². The first-order valence-electron chi connectivity index (χ1n) is 10.3. The van der Waals surface area contributed by atoms with Crippen LogP contribution in [0.4, 0.5) is 0 Å². The average molecular weight is 441 g/mol. The second-order valence-corrected chi connectivity index (χ2v) is 9.23. The van der Waals surface area contributed by atoms with Crippen molar-refractivity contribution in [2.45, 2.75) is 18.7 Å². The molecule has 32 heavy (non-hydrogen) atoms.